The Morgan fingerprint density at radius 2 is 2.10 bits per heavy atom. The highest BCUT2D eigenvalue weighted by atomic mass is 32.1. The fourth-order valence-electron chi connectivity index (χ4n) is 2.77. The van der Waals surface area contributed by atoms with Crippen LogP contribution in [-0.4, -0.2) is 29.8 Å². The molecule has 1 fully saturated rings. The Balaban J connectivity index is 2.37. The van der Waals surface area contributed by atoms with Crippen molar-refractivity contribution in [2.45, 2.75) is 51.2 Å². The number of nitrogens with zero attached hydrogens (tertiary/aromatic N) is 1. The molecule has 1 aromatic rings. The minimum atomic E-state index is -0.941. The van der Waals surface area contributed by atoms with Gasteiger partial charge in [-0.05, 0) is 19.8 Å². The Hall–Kier alpha value is -0.980. The van der Waals surface area contributed by atoms with Crippen LogP contribution in [-0.2, 0) is 21.7 Å². The van der Waals surface area contributed by atoms with E-state index in [1.54, 1.807) is 7.11 Å². The quantitative estimate of drug-likeness (QED) is 0.873. The monoisotopic (exact) mass is 299 g/mol. The average molecular weight is 299 g/mol. The number of thiazole rings is 1. The second-order valence-corrected chi connectivity index (χ2v) is 6.02. The molecular weight excluding hydrogens is 278 g/mol. The molecule has 0 saturated heterocycles. The van der Waals surface area contributed by atoms with Crippen molar-refractivity contribution in [3.63, 3.8) is 0 Å². The molecule has 0 aliphatic heterocycles. The predicted octanol–water partition coefficient (Wildman–Crippen LogP) is 3.18. The third-order valence-corrected chi connectivity index (χ3v) is 4.92. The molecule has 0 atom stereocenters. The van der Waals surface area contributed by atoms with Gasteiger partial charge in [0, 0.05) is 13.7 Å². The smallest absolute Gasteiger partial charge is 0.347 e. The van der Waals surface area contributed by atoms with Gasteiger partial charge in [-0.2, -0.15) is 0 Å². The fraction of sp³-hybridized carbons (Fsp3) is 0.714. The molecule has 0 amide bonds. The van der Waals surface area contributed by atoms with Crippen molar-refractivity contribution >= 4 is 17.3 Å². The second-order valence-electron chi connectivity index (χ2n) is 5.02. The molecule has 112 valence electrons. The number of hydrogen-bond donors (Lipinski definition) is 1. The Morgan fingerprint density at radius 1 is 1.40 bits per heavy atom. The number of aromatic nitrogens is 1. The van der Waals surface area contributed by atoms with Gasteiger partial charge in [0.05, 0.1) is 12.3 Å². The third kappa shape index (κ3) is 3.02. The summed E-state index contributed by atoms with van der Waals surface area (Å²) < 4.78 is 11.0. The van der Waals surface area contributed by atoms with Crippen LogP contribution in [0.1, 0.15) is 59.4 Å². The number of aromatic carboxylic acids is 1. The molecule has 0 spiro atoms. The van der Waals surface area contributed by atoms with Crippen LogP contribution in [0.3, 0.4) is 0 Å². The van der Waals surface area contributed by atoms with E-state index in [0.717, 1.165) is 30.7 Å². The first-order valence-corrected chi connectivity index (χ1v) is 7.81. The van der Waals surface area contributed by atoms with E-state index in [1.165, 1.54) is 17.8 Å². The van der Waals surface area contributed by atoms with Gasteiger partial charge in [0.15, 0.2) is 0 Å². The third-order valence-electron chi connectivity index (χ3n) is 3.64. The van der Waals surface area contributed by atoms with Crippen LogP contribution in [0.15, 0.2) is 0 Å². The number of carboxylic acid groups (broad SMARTS) is 1. The van der Waals surface area contributed by atoms with Crippen LogP contribution in [0.5, 0.6) is 0 Å². The first-order valence-electron chi connectivity index (χ1n) is 6.99. The zero-order chi connectivity index (χ0) is 14.6. The maximum absolute atomic E-state index is 11.3. The summed E-state index contributed by atoms with van der Waals surface area (Å²) >= 11 is 1.24. The molecule has 6 heteroatoms. The summed E-state index contributed by atoms with van der Waals surface area (Å²) in [6.45, 7) is 2.81. The molecule has 0 aromatic carbocycles. The lowest BCUT2D eigenvalue weighted by molar-refractivity contribution is -0.0706. The number of carboxylic acids is 1. The van der Waals surface area contributed by atoms with Crippen molar-refractivity contribution < 1.29 is 19.4 Å². The van der Waals surface area contributed by atoms with Crippen molar-refractivity contribution in [1.82, 2.24) is 4.98 Å². The first-order chi connectivity index (χ1) is 9.63. The Labute approximate surface area is 122 Å². The van der Waals surface area contributed by atoms with Gasteiger partial charge in [0.1, 0.15) is 15.5 Å². The average Bonchev–Trinajstić information content (AvgIpc) is 2.85. The standard InChI is InChI=1S/C14H21NO4S/c1-3-19-14(7-5-4-6-8-14)13-15-10(9-18-2)11(20-13)12(16)17/h3-9H2,1-2H3,(H,16,17). The van der Waals surface area contributed by atoms with Gasteiger partial charge in [-0.1, -0.05) is 19.3 Å². The van der Waals surface area contributed by atoms with E-state index in [4.69, 9.17) is 9.47 Å². The summed E-state index contributed by atoms with van der Waals surface area (Å²) in [4.78, 5) is 16.1. The summed E-state index contributed by atoms with van der Waals surface area (Å²) in [7, 11) is 1.55. The topological polar surface area (TPSA) is 68.7 Å². The van der Waals surface area contributed by atoms with E-state index in [9.17, 15) is 9.90 Å². The number of carbonyl (C=O) groups is 1. The lowest BCUT2D eigenvalue weighted by Gasteiger charge is -2.35. The Morgan fingerprint density at radius 3 is 2.65 bits per heavy atom. The van der Waals surface area contributed by atoms with Crippen molar-refractivity contribution in [3.05, 3.63) is 15.6 Å². The predicted molar refractivity (Wildman–Crippen MR) is 76.2 cm³/mol. The first kappa shape index (κ1) is 15.4. The van der Waals surface area contributed by atoms with Gasteiger partial charge < -0.3 is 14.6 Å². The molecule has 1 aromatic heterocycles. The summed E-state index contributed by atoms with van der Waals surface area (Å²) in [6, 6.07) is 0. The maximum atomic E-state index is 11.3. The van der Waals surface area contributed by atoms with Gasteiger partial charge in [-0.25, -0.2) is 9.78 Å². The van der Waals surface area contributed by atoms with Gasteiger partial charge in [0.2, 0.25) is 0 Å². The zero-order valence-corrected chi connectivity index (χ0v) is 12.8. The van der Waals surface area contributed by atoms with Crippen molar-refractivity contribution in [2.75, 3.05) is 13.7 Å². The highest BCUT2D eigenvalue weighted by Gasteiger charge is 2.38. The molecule has 1 saturated carbocycles. The number of methoxy groups -OCH3 is 1. The summed E-state index contributed by atoms with van der Waals surface area (Å²) in [5.41, 5.74) is 0.109. The number of hydrogen-bond acceptors (Lipinski definition) is 5. The minimum Gasteiger partial charge on any atom is -0.477 e. The second kappa shape index (κ2) is 6.65. The molecule has 1 aliphatic carbocycles. The summed E-state index contributed by atoms with van der Waals surface area (Å²) in [5, 5.41) is 10.1. The van der Waals surface area contributed by atoms with E-state index < -0.39 is 11.6 Å². The molecule has 0 unspecified atom stereocenters. The van der Waals surface area contributed by atoms with Crippen LogP contribution in [0.2, 0.25) is 0 Å². The molecule has 1 N–H and O–H groups in total. The van der Waals surface area contributed by atoms with Crippen LogP contribution in [0.25, 0.3) is 0 Å². The SMILES string of the molecule is CCOC1(c2nc(COC)c(C(=O)O)s2)CCCCC1. The van der Waals surface area contributed by atoms with Crippen LogP contribution < -0.4 is 0 Å². The number of rotatable bonds is 6. The zero-order valence-electron chi connectivity index (χ0n) is 12.0. The molecule has 20 heavy (non-hydrogen) atoms. The van der Waals surface area contributed by atoms with E-state index in [1.807, 2.05) is 6.92 Å². The van der Waals surface area contributed by atoms with Gasteiger partial charge in [-0.15, -0.1) is 11.3 Å². The minimum absolute atomic E-state index is 0.223. The van der Waals surface area contributed by atoms with E-state index >= 15 is 0 Å². The molecule has 1 aliphatic rings. The van der Waals surface area contributed by atoms with Crippen molar-refractivity contribution in [3.8, 4) is 0 Å². The molecule has 1 heterocycles. The Bertz CT molecular complexity index is 460. The molecule has 5 nitrogen and oxygen atoms in total. The lowest BCUT2D eigenvalue weighted by atomic mass is 9.85. The lowest BCUT2D eigenvalue weighted by Crippen LogP contribution is -2.32. The number of ether oxygens (including phenoxy) is 2. The maximum Gasteiger partial charge on any atom is 0.347 e. The highest BCUT2D eigenvalue weighted by Crippen LogP contribution is 2.42. The van der Waals surface area contributed by atoms with E-state index in [2.05, 4.69) is 4.98 Å². The van der Waals surface area contributed by atoms with Crippen molar-refractivity contribution in [2.24, 2.45) is 0 Å². The molecular formula is C14H21NO4S. The van der Waals surface area contributed by atoms with E-state index in [-0.39, 0.29) is 11.5 Å². The molecule has 0 bridgehead atoms. The highest BCUT2D eigenvalue weighted by molar-refractivity contribution is 7.13. The summed E-state index contributed by atoms with van der Waals surface area (Å²) in [5.74, 6) is -0.941. The van der Waals surface area contributed by atoms with Crippen LogP contribution in [0, 0.1) is 0 Å². The van der Waals surface area contributed by atoms with Gasteiger partial charge in [0.25, 0.3) is 0 Å². The molecule has 2 rings (SSSR count). The Kier molecular flexibility index (Phi) is 5.12. The van der Waals surface area contributed by atoms with Gasteiger partial charge in [-0.3, -0.25) is 0 Å². The van der Waals surface area contributed by atoms with Crippen LogP contribution >= 0.6 is 11.3 Å². The van der Waals surface area contributed by atoms with Gasteiger partial charge >= 0.3 is 5.97 Å². The normalized spacial score (nSPS) is 18.1. The van der Waals surface area contributed by atoms with Crippen LogP contribution in [0.4, 0.5) is 0 Å². The van der Waals surface area contributed by atoms with E-state index in [0.29, 0.717) is 12.3 Å². The fourth-order valence-corrected chi connectivity index (χ4v) is 3.88. The molecule has 0 radical (unpaired) electrons. The largest absolute Gasteiger partial charge is 0.477 e. The summed E-state index contributed by atoms with van der Waals surface area (Å²) in [6.07, 6.45) is 5.24. The van der Waals surface area contributed by atoms with Crippen molar-refractivity contribution in [1.29, 1.82) is 0 Å².